The standard InChI is InChI=1S/C18H21NO3S/c1-12-4-3-5-14(8-12)9-16(18(21)22)10-19-17(20)13(2)15-6-7-23-11-15/h3-8,11,13,16H,9-10H2,1-2H3,(H,19,20)(H,21,22). The summed E-state index contributed by atoms with van der Waals surface area (Å²) in [5.74, 6) is -1.93. The number of hydrogen-bond donors (Lipinski definition) is 2. The number of thiophene rings is 1. The fourth-order valence-electron chi connectivity index (χ4n) is 2.42. The summed E-state index contributed by atoms with van der Waals surface area (Å²) in [5, 5.41) is 16.0. The van der Waals surface area contributed by atoms with Gasteiger partial charge in [-0.05, 0) is 48.2 Å². The van der Waals surface area contributed by atoms with Gasteiger partial charge in [-0.3, -0.25) is 9.59 Å². The fourth-order valence-corrected chi connectivity index (χ4v) is 3.17. The Kier molecular flexibility index (Phi) is 5.93. The summed E-state index contributed by atoms with van der Waals surface area (Å²) in [6, 6.07) is 9.70. The zero-order valence-corrected chi connectivity index (χ0v) is 14.1. The maximum absolute atomic E-state index is 12.2. The van der Waals surface area contributed by atoms with Crippen molar-refractivity contribution in [2.45, 2.75) is 26.2 Å². The lowest BCUT2D eigenvalue weighted by atomic mass is 9.97. The second kappa shape index (κ2) is 7.92. The Morgan fingerprint density at radius 1 is 1.30 bits per heavy atom. The number of aryl methyl sites for hydroxylation is 1. The molecule has 0 fully saturated rings. The number of hydrogen-bond acceptors (Lipinski definition) is 3. The van der Waals surface area contributed by atoms with E-state index in [0.29, 0.717) is 6.42 Å². The number of aliphatic carboxylic acids is 1. The van der Waals surface area contributed by atoms with Crippen LogP contribution in [0, 0.1) is 12.8 Å². The van der Waals surface area contributed by atoms with Crippen LogP contribution < -0.4 is 5.32 Å². The molecule has 2 N–H and O–H groups in total. The molecule has 0 spiro atoms. The molecule has 4 nitrogen and oxygen atoms in total. The number of nitrogens with one attached hydrogen (secondary N) is 1. The van der Waals surface area contributed by atoms with Crippen LogP contribution in [-0.4, -0.2) is 23.5 Å². The van der Waals surface area contributed by atoms with Crippen LogP contribution in [0.1, 0.15) is 29.5 Å². The van der Waals surface area contributed by atoms with Crippen LogP contribution in [0.5, 0.6) is 0 Å². The quantitative estimate of drug-likeness (QED) is 0.818. The molecule has 0 saturated carbocycles. The molecule has 0 saturated heterocycles. The minimum absolute atomic E-state index is 0.136. The van der Waals surface area contributed by atoms with Gasteiger partial charge < -0.3 is 10.4 Å². The summed E-state index contributed by atoms with van der Waals surface area (Å²) in [6.07, 6.45) is 0.407. The first-order chi connectivity index (χ1) is 11.0. The maximum Gasteiger partial charge on any atom is 0.308 e. The van der Waals surface area contributed by atoms with Crippen LogP contribution in [0.15, 0.2) is 41.1 Å². The van der Waals surface area contributed by atoms with Crippen molar-refractivity contribution in [3.8, 4) is 0 Å². The Morgan fingerprint density at radius 3 is 2.70 bits per heavy atom. The number of benzene rings is 1. The molecule has 2 unspecified atom stereocenters. The van der Waals surface area contributed by atoms with Gasteiger partial charge in [0.15, 0.2) is 0 Å². The number of rotatable bonds is 7. The molecule has 1 amide bonds. The minimum Gasteiger partial charge on any atom is -0.481 e. The molecule has 1 aromatic heterocycles. The number of carboxylic acid groups (broad SMARTS) is 1. The van der Waals surface area contributed by atoms with Gasteiger partial charge in [0.05, 0.1) is 11.8 Å². The molecule has 23 heavy (non-hydrogen) atoms. The van der Waals surface area contributed by atoms with Crippen molar-refractivity contribution in [3.05, 3.63) is 57.8 Å². The van der Waals surface area contributed by atoms with Crippen molar-refractivity contribution < 1.29 is 14.7 Å². The lowest BCUT2D eigenvalue weighted by molar-refractivity contribution is -0.141. The van der Waals surface area contributed by atoms with Gasteiger partial charge in [-0.2, -0.15) is 11.3 Å². The smallest absolute Gasteiger partial charge is 0.308 e. The fraction of sp³-hybridized carbons (Fsp3) is 0.333. The minimum atomic E-state index is -0.894. The summed E-state index contributed by atoms with van der Waals surface area (Å²) in [7, 11) is 0. The van der Waals surface area contributed by atoms with E-state index in [-0.39, 0.29) is 18.4 Å². The Hall–Kier alpha value is -2.14. The van der Waals surface area contributed by atoms with Crippen molar-refractivity contribution in [1.82, 2.24) is 5.32 Å². The molecule has 122 valence electrons. The van der Waals surface area contributed by atoms with E-state index in [4.69, 9.17) is 0 Å². The molecule has 1 heterocycles. The van der Waals surface area contributed by atoms with Gasteiger partial charge in [0, 0.05) is 6.54 Å². The molecule has 2 atom stereocenters. The van der Waals surface area contributed by atoms with Crippen LogP contribution in [-0.2, 0) is 16.0 Å². The third-order valence-corrected chi connectivity index (χ3v) is 4.57. The van der Waals surface area contributed by atoms with Gasteiger partial charge in [0.25, 0.3) is 0 Å². The lowest BCUT2D eigenvalue weighted by Crippen LogP contribution is -2.36. The van der Waals surface area contributed by atoms with Crippen LogP contribution in [0.2, 0.25) is 0 Å². The van der Waals surface area contributed by atoms with Gasteiger partial charge in [0.1, 0.15) is 0 Å². The molecule has 5 heteroatoms. The second-order valence-corrected chi connectivity index (χ2v) is 6.53. The van der Waals surface area contributed by atoms with Gasteiger partial charge in [-0.1, -0.05) is 29.8 Å². The third-order valence-electron chi connectivity index (χ3n) is 3.87. The third kappa shape index (κ3) is 4.93. The van der Waals surface area contributed by atoms with Crippen LogP contribution in [0.25, 0.3) is 0 Å². The van der Waals surface area contributed by atoms with E-state index < -0.39 is 11.9 Å². The summed E-state index contributed by atoms with van der Waals surface area (Å²) >= 11 is 1.54. The molecule has 0 aliphatic heterocycles. The van der Waals surface area contributed by atoms with E-state index >= 15 is 0 Å². The second-order valence-electron chi connectivity index (χ2n) is 5.75. The zero-order chi connectivity index (χ0) is 16.8. The first-order valence-electron chi connectivity index (χ1n) is 7.55. The van der Waals surface area contributed by atoms with E-state index in [2.05, 4.69) is 5.32 Å². The van der Waals surface area contributed by atoms with Crippen molar-refractivity contribution >= 4 is 23.2 Å². The van der Waals surface area contributed by atoms with Gasteiger partial charge in [0.2, 0.25) is 5.91 Å². The van der Waals surface area contributed by atoms with Crippen molar-refractivity contribution in [2.24, 2.45) is 5.92 Å². The number of carboxylic acids is 1. The zero-order valence-electron chi connectivity index (χ0n) is 13.3. The average molecular weight is 331 g/mol. The van der Waals surface area contributed by atoms with Gasteiger partial charge in [-0.25, -0.2) is 0 Å². The Labute approximate surface area is 140 Å². The molecule has 0 aliphatic rings. The maximum atomic E-state index is 12.2. The van der Waals surface area contributed by atoms with E-state index in [9.17, 15) is 14.7 Å². The molecule has 0 aliphatic carbocycles. The Morgan fingerprint density at radius 2 is 2.09 bits per heavy atom. The van der Waals surface area contributed by atoms with Crippen LogP contribution >= 0.6 is 11.3 Å². The largest absolute Gasteiger partial charge is 0.481 e. The summed E-state index contributed by atoms with van der Waals surface area (Å²) in [5.41, 5.74) is 3.03. The Balaban J connectivity index is 1.94. The monoisotopic (exact) mass is 331 g/mol. The van der Waals surface area contributed by atoms with Crippen LogP contribution in [0.4, 0.5) is 0 Å². The number of carbonyl (C=O) groups is 2. The number of amides is 1. The first-order valence-corrected chi connectivity index (χ1v) is 8.50. The molecule has 0 radical (unpaired) electrons. The molecular weight excluding hydrogens is 310 g/mol. The highest BCUT2D eigenvalue weighted by molar-refractivity contribution is 7.08. The van der Waals surface area contributed by atoms with E-state index in [1.54, 1.807) is 11.3 Å². The van der Waals surface area contributed by atoms with Gasteiger partial charge >= 0.3 is 5.97 Å². The highest BCUT2D eigenvalue weighted by Gasteiger charge is 2.21. The number of carbonyl (C=O) groups excluding carboxylic acids is 1. The highest BCUT2D eigenvalue weighted by atomic mass is 32.1. The summed E-state index contributed by atoms with van der Waals surface area (Å²) in [6.45, 7) is 3.94. The van der Waals surface area contributed by atoms with Crippen molar-refractivity contribution in [1.29, 1.82) is 0 Å². The normalized spacial score (nSPS) is 13.3. The summed E-state index contributed by atoms with van der Waals surface area (Å²) < 4.78 is 0. The van der Waals surface area contributed by atoms with Crippen molar-refractivity contribution in [2.75, 3.05) is 6.54 Å². The van der Waals surface area contributed by atoms with E-state index in [0.717, 1.165) is 16.7 Å². The molecular formula is C18H21NO3S. The SMILES string of the molecule is Cc1cccc(CC(CNC(=O)C(C)c2ccsc2)C(=O)O)c1. The van der Waals surface area contributed by atoms with Crippen LogP contribution in [0.3, 0.4) is 0 Å². The molecule has 1 aromatic carbocycles. The first kappa shape index (κ1) is 17.2. The van der Waals surface area contributed by atoms with Crippen molar-refractivity contribution in [3.63, 3.8) is 0 Å². The Bertz CT molecular complexity index is 667. The lowest BCUT2D eigenvalue weighted by Gasteiger charge is -2.16. The predicted molar refractivity (Wildman–Crippen MR) is 91.8 cm³/mol. The molecule has 0 bridgehead atoms. The highest BCUT2D eigenvalue weighted by Crippen LogP contribution is 2.18. The predicted octanol–water partition coefficient (Wildman–Crippen LogP) is 3.22. The molecule has 2 rings (SSSR count). The van der Waals surface area contributed by atoms with Gasteiger partial charge in [-0.15, -0.1) is 0 Å². The average Bonchev–Trinajstić information content (AvgIpc) is 3.04. The van der Waals surface area contributed by atoms with E-state index in [1.165, 1.54) is 0 Å². The summed E-state index contributed by atoms with van der Waals surface area (Å²) in [4.78, 5) is 23.6. The van der Waals surface area contributed by atoms with E-state index in [1.807, 2.05) is 54.9 Å². The topological polar surface area (TPSA) is 66.4 Å². The molecule has 2 aromatic rings.